The number of H-pyrrole nitrogens is 1. The highest BCUT2D eigenvalue weighted by molar-refractivity contribution is 6.04. The van der Waals surface area contributed by atoms with E-state index in [1.54, 1.807) is 0 Å². The Morgan fingerprint density at radius 1 is 1.17 bits per heavy atom. The molecule has 1 heterocycles. The fourth-order valence-electron chi connectivity index (χ4n) is 1.72. The minimum Gasteiger partial charge on any atom is -0.321 e. The number of aromatic nitrogens is 2. The number of aryl methyl sites for hydroxylation is 3. The molecule has 0 bridgehead atoms. The predicted octanol–water partition coefficient (Wildman–Crippen LogP) is 2.90. The smallest absolute Gasteiger partial charge is 0.276 e. The van der Waals surface area contributed by atoms with Gasteiger partial charge in [-0.05, 0) is 51.0 Å². The van der Waals surface area contributed by atoms with Crippen molar-refractivity contribution in [1.29, 1.82) is 0 Å². The molecule has 0 aliphatic heterocycles. The minimum absolute atomic E-state index is 0.180. The van der Waals surface area contributed by atoms with Crippen LogP contribution in [-0.2, 0) is 0 Å². The van der Waals surface area contributed by atoms with Gasteiger partial charge in [-0.1, -0.05) is 6.07 Å². The number of benzene rings is 1. The molecule has 2 rings (SSSR count). The highest BCUT2D eigenvalue weighted by Gasteiger charge is 2.14. The van der Waals surface area contributed by atoms with Gasteiger partial charge in [-0.3, -0.25) is 9.89 Å². The number of carbonyl (C=O) groups excluding carboxylic acids is 1. The molecule has 4 heteroatoms. The first kappa shape index (κ1) is 12.4. The lowest BCUT2D eigenvalue weighted by Gasteiger charge is -2.06. The average molecular weight is 243 g/mol. The topological polar surface area (TPSA) is 57.8 Å². The largest absolute Gasteiger partial charge is 0.321 e. The molecule has 0 radical (unpaired) electrons. The van der Waals surface area contributed by atoms with Crippen molar-refractivity contribution in [3.63, 3.8) is 0 Å². The van der Waals surface area contributed by atoms with Crippen molar-refractivity contribution in [3.05, 3.63) is 46.3 Å². The van der Waals surface area contributed by atoms with E-state index in [1.807, 2.05) is 45.9 Å². The second-order valence-electron chi connectivity index (χ2n) is 4.58. The van der Waals surface area contributed by atoms with Gasteiger partial charge in [0.15, 0.2) is 5.69 Å². The molecule has 0 aliphatic rings. The normalized spacial score (nSPS) is 10.4. The highest BCUT2D eigenvalue weighted by atomic mass is 16.1. The maximum Gasteiger partial charge on any atom is 0.276 e. The van der Waals surface area contributed by atoms with E-state index in [9.17, 15) is 4.79 Å². The Morgan fingerprint density at radius 2 is 1.89 bits per heavy atom. The highest BCUT2D eigenvalue weighted by Crippen LogP contribution is 2.16. The van der Waals surface area contributed by atoms with Crippen LogP contribution in [0.15, 0.2) is 18.2 Å². The molecule has 18 heavy (non-hydrogen) atoms. The Hall–Kier alpha value is -2.10. The Morgan fingerprint density at radius 3 is 2.44 bits per heavy atom. The van der Waals surface area contributed by atoms with Gasteiger partial charge in [0, 0.05) is 16.9 Å². The number of nitrogens with one attached hydrogen (secondary N) is 2. The first-order valence-corrected chi connectivity index (χ1v) is 5.89. The molecular formula is C14H17N3O. The molecule has 2 N–H and O–H groups in total. The summed E-state index contributed by atoms with van der Waals surface area (Å²) in [6.45, 7) is 7.85. The van der Waals surface area contributed by atoms with Crippen molar-refractivity contribution in [3.8, 4) is 0 Å². The summed E-state index contributed by atoms with van der Waals surface area (Å²) in [6.07, 6.45) is 0. The zero-order chi connectivity index (χ0) is 13.3. The molecule has 0 aliphatic carbocycles. The van der Waals surface area contributed by atoms with Gasteiger partial charge in [0.1, 0.15) is 0 Å². The zero-order valence-corrected chi connectivity index (χ0v) is 11.1. The van der Waals surface area contributed by atoms with Gasteiger partial charge in [-0.25, -0.2) is 0 Å². The molecule has 4 nitrogen and oxygen atoms in total. The first-order chi connectivity index (χ1) is 8.49. The molecule has 0 fully saturated rings. The summed E-state index contributed by atoms with van der Waals surface area (Å²) in [6, 6.07) is 5.85. The van der Waals surface area contributed by atoms with Crippen LogP contribution in [0.5, 0.6) is 0 Å². The first-order valence-electron chi connectivity index (χ1n) is 5.89. The second kappa shape index (κ2) is 4.64. The van der Waals surface area contributed by atoms with Crippen LogP contribution in [0.2, 0.25) is 0 Å². The molecule has 1 aromatic heterocycles. The Labute approximate surface area is 106 Å². The Kier molecular flexibility index (Phi) is 3.19. The Balaban J connectivity index is 2.21. The fourth-order valence-corrected chi connectivity index (χ4v) is 1.72. The molecule has 94 valence electrons. The van der Waals surface area contributed by atoms with Crippen LogP contribution in [0, 0.1) is 27.7 Å². The molecule has 1 amide bonds. The van der Waals surface area contributed by atoms with Crippen LogP contribution in [0.25, 0.3) is 0 Å². The summed E-state index contributed by atoms with van der Waals surface area (Å²) < 4.78 is 0. The Bertz CT molecular complexity index is 599. The van der Waals surface area contributed by atoms with E-state index in [4.69, 9.17) is 0 Å². The third-order valence-electron chi connectivity index (χ3n) is 3.23. The van der Waals surface area contributed by atoms with Crippen molar-refractivity contribution >= 4 is 11.6 Å². The van der Waals surface area contributed by atoms with Crippen LogP contribution in [0.3, 0.4) is 0 Å². The summed E-state index contributed by atoms with van der Waals surface area (Å²) in [5, 5.41) is 9.69. The number of amides is 1. The number of rotatable bonds is 2. The maximum atomic E-state index is 12.1. The van der Waals surface area contributed by atoms with Gasteiger partial charge in [0.05, 0.1) is 0 Å². The van der Waals surface area contributed by atoms with Gasteiger partial charge >= 0.3 is 0 Å². The molecular weight excluding hydrogens is 226 g/mol. The molecule has 0 spiro atoms. The van der Waals surface area contributed by atoms with Gasteiger partial charge in [-0.2, -0.15) is 5.10 Å². The SMILES string of the molecule is Cc1ccc(NC(=O)c2n[nH]c(C)c2C)cc1C. The van der Waals surface area contributed by atoms with Gasteiger partial charge in [-0.15, -0.1) is 0 Å². The number of hydrogen-bond acceptors (Lipinski definition) is 2. The fraction of sp³-hybridized carbons (Fsp3) is 0.286. The van der Waals surface area contributed by atoms with E-state index < -0.39 is 0 Å². The van der Waals surface area contributed by atoms with E-state index in [-0.39, 0.29) is 5.91 Å². The van der Waals surface area contributed by atoms with Crippen LogP contribution < -0.4 is 5.32 Å². The monoisotopic (exact) mass is 243 g/mol. The van der Waals surface area contributed by atoms with Gasteiger partial charge in [0.25, 0.3) is 5.91 Å². The summed E-state index contributed by atoms with van der Waals surface area (Å²) in [5.74, 6) is -0.180. The number of carbonyl (C=O) groups is 1. The van der Waals surface area contributed by atoms with Gasteiger partial charge in [0.2, 0.25) is 0 Å². The van der Waals surface area contributed by atoms with Crippen molar-refractivity contribution < 1.29 is 4.79 Å². The van der Waals surface area contributed by atoms with Crippen molar-refractivity contribution in [2.24, 2.45) is 0 Å². The van der Waals surface area contributed by atoms with Crippen LogP contribution in [0.4, 0.5) is 5.69 Å². The van der Waals surface area contributed by atoms with E-state index >= 15 is 0 Å². The molecule has 0 saturated heterocycles. The number of hydrogen-bond donors (Lipinski definition) is 2. The molecule has 0 unspecified atom stereocenters. The van der Waals surface area contributed by atoms with Crippen LogP contribution >= 0.6 is 0 Å². The average Bonchev–Trinajstić information content (AvgIpc) is 2.65. The van der Waals surface area contributed by atoms with E-state index in [0.717, 1.165) is 22.5 Å². The summed E-state index contributed by atoms with van der Waals surface area (Å²) in [5.41, 5.74) is 5.41. The minimum atomic E-state index is -0.180. The van der Waals surface area contributed by atoms with E-state index in [1.165, 1.54) is 5.56 Å². The second-order valence-corrected chi connectivity index (χ2v) is 4.58. The third-order valence-corrected chi connectivity index (χ3v) is 3.23. The van der Waals surface area contributed by atoms with Crippen LogP contribution in [0.1, 0.15) is 32.9 Å². The number of nitrogens with zero attached hydrogens (tertiary/aromatic N) is 1. The summed E-state index contributed by atoms with van der Waals surface area (Å²) in [7, 11) is 0. The third kappa shape index (κ3) is 2.27. The lowest BCUT2D eigenvalue weighted by Crippen LogP contribution is -2.13. The van der Waals surface area contributed by atoms with E-state index in [0.29, 0.717) is 5.69 Å². The maximum absolute atomic E-state index is 12.1. The van der Waals surface area contributed by atoms with Crippen molar-refractivity contribution in [2.75, 3.05) is 5.32 Å². The number of aromatic amines is 1. The molecule has 0 saturated carbocycles. The molecule has 0 atom stereocenters. The van der Waals surface area contributed by atoms with Crippen LogP contribution in [-0.4, -0.2) is 16.1 Å². The van der Waals surface area contributed by atoms with E-state index in [2.05, 4.69) is 15.5 Å². The number of anilines is 1. The quantitative estimate of drug-likeness (QED) is 0.852. The molecule has 2 aromatic rings. The molecule has 1 aromatic carbocycles. The van der Waals surface area contributed by atoms with Crippen molar-refractivity contribution in [2.45, 2.75) is 27.7 Å². The standard InChI is InChI=1S/C14H17N3O/c1-8-5-6-12(7-9(8)2)15-14(18)13-10(3)11(4)16-17-13/h5-7H,1-4H3,(H,15,18)(H,16,17). The summed E-state index contributed by atoms with van der Waals surface area (Å²) >= 11 is 0. The lowest BCUT2D eigenvalue weighted by molar-refractivity contribution is 0.102. The van der Waals surface area contributed by atoms with Crippen molar-refractivity contribution in [1.82, 2.24) is 10.2 Å². The lowest BCUT2D eigenvalue weighted by atomic mass is 10.1. The zero-order valence-electron chi connectivity index (χ0n) is 11.1. The predicted molar refractivity (Wildman–Crippen MR) is 71.9 cm³/mol. The summed E-state index contributed by atoms with van der Waals surface area (Å²) in [4.78, 5) is 12.1. The van der Waals surface area contributed by atoms with Gasteiger partial charge < -0.3 is 5.32 Å².